The number of amidine groups is 1. The van der Waals surface area contributed by atoms with Crippen LogP contribution in [0, 0.1) is 11.6 Å². The fourth-order valence-electron chi connectivity index (χ4n) is 1.71. The van der Waals surface area contributed by atoms with Gasteiger partial charge in [0.05, 0.1) is 25.0 Å². The molecule has 0 unspecified atom stereocenters. The lowest BCUT2D eigenvalue weighted by atomic mass is 10.2. The first-order valence-corrected chi connectivity index (χ1v) is 7.88. The van der Waals surface area contributed by atoms with Crippen molar-refractivity contribution >= 4 is 17.8 Å². The van der Waals surface area contributed by atoms with Crippen LogP contribution >= 0.6 is 11.9 Å². The van der Waals surface area contributed by atoms with Gasteiger partial charge in [-0.25, -0.2) is 8.78 Å². The summed E-state index contributed by atoms with van der Waals surface area (Å²) in [7, 11) is 0. The lowest BCUT2D eigenvalue weighted by Crippen LogP contribution is -2.19. The molecule has 0 amide bonds. The molecule has 1 aromatic heterocycles. The van der Waals surface area contributed by atoms with Crippen LogP contribution in [-0.2, 0) is 6.54 Å². The number of hydrazone groups is 1. The third-order valence-corrected chi connectivity index (χ3v) is 3.74. The van der Waals surface area contributed by atoms with E-state index >= 15 is 0 Å². The maximum Gasteiger partial charge on any atom is 0.150 e. The van der Waals surface area contributed by atoms with E-state index in [2.05, 4.69) is 20.2 Å². The van der Waals surface area contributed by atoms with Crippen LogP contribution in [0.4, 0.5) is 8.78 Å². The van der Waals surface area contributed by atoms with Crippen LogP contribution in [0.5, 0.6) is 0 Å². The molecule has 0 radical (unpaired) electrons. The minimum Gasteiger partial charge on any atom is -0.395 e. The zero-order valence-electron chi connectivity index (χ0n) is 12.7. The van der Waals surface area contributed by atoms with Gasteiger partial charge >= 0.3 is 0 Å². The van der Waals surface area contributed by atoms with E-state index in [9.17, 15) is 8.78 Å². The van der Waals surface area contributed by atoms with E-state index in [1.54, 1.807) is 12.1 Å². The van der Waals surface area contributed by atoms with Crippen molar-refractivity contribution in [1.82, 2.24) is 15.1 Å². The molecule has 6 nitrogen and oxygen atoms in total. The number of aromatic nitrogens is 1. The monoisotopic (exact) mass is 353 g/mol. The first-order valence-electron chi connectivity index (χ1n) is 7.07. The Balaban J connectivity index is 1.90. The summed E-state index contributed by atoms with van der Waals surface area (Å²) < 4.78 is 29.2. The minimum atomic E-state index is -0.743. The van der Waals surface area contributed by atoms with Crippen molar-refractivity contribution in [2.24, 2.45) is 10.8 Å². The van der Waals surface area contributed by atoms with Gasteiger partial charge in [0.25, 0.3) is 0 Å². The Hall–Kier alpha value is -2.23. The van der Waals surface area contributed by atoms with Crippen molar-refractivity contribution < 1.29 is 13.9 Å². The second-order valence-electron chi connectivity index (χ2n) is 4.66. The van der Waals surface area contributed by atoms with E-state index in [-0.39, 0.29) is 24.7 Å². The van der Waals surface area contributed by atoms with Gasteiger partial charge in [-0.1, -0.05) is 12.1 Å². The normalized spacial score (nSPS) is 11.5. The third kappa shape index (κ3) is 5.44. The van der Waals surface area contributed by atoms with Gasteiger partial charge in [-0.15, -0.1) is 0 Å². The SMILES string of the molecule is N/C(=N\NCc1ncc(F)cc1F)c1ccc(SNCCO)cc1. The molecule has 0 saturated carbocycles. The van der Waals surface area contributed by atoms with Crippen LogP contribution in [0.25, 0.3) is 0 Å². The first-order chi connectivity index (χ1) is 11.6. The molecule has 9 heteroatoms. The number of nitrogens with one attached hydrogen (secondary N) is 2. The van der Waals surface area contributed by atoms with Crippen LogP contribution in [0.2, 0.25) is 0 Å². The van der Waals surface area contributed by atoms with Crippen molar-refractivity contribution in [2.45, 2.75) is 11.4 Å². The first kappa shape index (κ1) is 18.1. The molecule has 0 saturated heterocycles. The highest BCUT2D eigenvalue weighted by molar-refractivity contribution is 7.97. The van der Waals surface area contributed by atoms with Crippen molar-refractivity contribution in [3.8, 4) is 0 Å². The zero-order valence-corrected chi connectivity index (χ0v) is 13.5. The summed E-state index contributed by atoms with van der Waals surface area (Å²) in [6, 6.07) is 8.06. The summed E-state index contributed by atoms with van der Waals surface area (Å²) in [5, 5.41) is 12.6. The second kappa shape index (κ2) is 9.16. The molecule has 1 heterocycles. The Kier molecular flexibility index (Phi) is 6.91. The van der Waals surface area contributed by atoms with Crippen LogP contribution in [-0.4, -0.2) is 29.1 Å². The molecule has 0 atom stereocenters. The van der Waals surface area contributed by atoms with Crippen molar-refractivity contribution in [3.05, 3.63) is 59.4 Å². The van der Waals surface area contributed by atoms with Gasteiger partial charge in [-0.3, -0.25) is 9.71 Å². The van der Waals surface area contributed by atoms with Gasteiger partial charge in [0.2, 0.25) is 0 Å². The number of halogens is 2. The van der Waals surface area contributed by atoms with E-state index in [1.165, 1.54) is 11.9 Å². The Morgan fingerprint density at radius 3 is 2.71 bits per heavy atom. The highest BCUT2D eigenvalue weighted by atomic mass is 32.2. The highest BCUT2D eigenvalue weighted by Crippen LogP contribution is 2.14. The van der Waals surface area contributed by atoms with Crippen LogP contribution < -0.4 is 15.9 Å². The van der Waals surface area contributed by atoms with Gasteiger partial charge in [-0.05, 0) is 24.1 Å². The third-order valence-electron chi connectivity index (χ3n) is 2.88. The van der Waals surface area contributed by atoms with Crippen LogP contribution in [0.3, 0.4) is 0 Å². The zero-order chi connectivity index (χ0) is 17.4. The molecule has 0 spiro atoms. The van der Waals surface area contributed by atoms with Gasteiger partial charge < -0.3 is 16.3 Å². The molecule has 0 aliphatic rings. The van der Waals surface area contributed by atoms with Gasteiger partial charge in [0.1, 0.15) is 11.6 Å². The molecule has 2 rings (SSSR count). The lowest BCUT2D eigenvalue weighted by Gasteiger charge is -2.06. The maximum atomic E-state index is 13.4. The summed E-state index contributed by atoms with van der Waals surface area (Å²) in [6.45, 7) is 0.555. The molecule has 24 heavy (non-hydrogen) atoms. The molecule has 5 N–H and O–H groups in total. The Morgan fingerprint density at radius 2 is 2.04 bits per heavy atom. The topological polar surface area (TPSA) is 95.6 Å². The molecule has 0 fully saturated rings. The average molecular weight is 353 g/mol. The largest absolute Gasteiger partial charge is 0.395 e. The Morgan fingerprint density at radius 1 is 1.29 bits per heavy atom. The lowest BCUT2D eigenvalue weighted by molar-refractivity contribution is 0.302. The Labute approximate surface area is 142 Å². The molecule has 0 bridgehead atoms. The quantitative estimate of drug-likeness (QED) is 0.188. The smallest absolute Gasteiger partial charge is 0.150 e. The standard InChI is InChI=1S/C15H17F2N5OS/c16-11-7-13(17)14(19-8-11)9-20-22-15(18)10-1-3-12(4-2-10)24-21-5-6-23/h1-4,7-8,20-21,23H,5-6,9H2,(H2,18,22). The maximum absolute atomic E-state index is 13.4. The van der Waals surface area contributed by atoms with Crippen LogP contribution in [0.1, 0.15) is 11.3 Å². The predicted molar refractivity (Wildman–Crippen MR) is 89.1 cm³/mol. The summed E-state index contributed by atoms with van der Waals surface area (Å²) in [5.74, 6) is -1.24. The number of benzene rings is 1. The predicted octanol–water partition coefficient (Wildman–Crippen LogP) is 1.36. The van der Waals surface area contributed by atoms with Crippen molar-refractivity contribution in [1.29, 1.82) is 0 Å². The number of nitrogens with two attached hydrogens (primary N) is 1. The average Bonchev–Trinajstić information content (AvgIpc) is 2.57. The molecule has 0 aliphatic carbocycles. The number of hydrogen-bond acceptors (Lipinski definition) is 6. The minimum absolute atomic E-state index is 0.00811. The second-order valence-corrected chi connectivity index (χ2v) is 5.62. The molecule has 128 valence electrons. The van der Waals surface area contributed by atoms with E-state index in [1.807, 2.05) is 12.1 Å². The van der Waals surface area contributed by atoms with Crippen molar-refractivity contribution in [3.63, 3.8) is 0 Å². The van der Waals surface area contributed by atoms with E-state index in [4.69, 9.17) is 10.8 Å². The molecular formula is C15H17F2N5OS. The van der Waals surface area contributed by atoms with Gasteiger partial charge in [-0.2, -0.15) is 5.10 Å². The highest BCUT2D eigenvalue weighted by Gasteiger charge is 2.05. The number of nitrogens with zero attached hydrogens (tertiary/aromatic N) is 2. The molecular weight excluding hydrogens is 336 g/mol. The van der Waals surface area contributed by atoms with Gasteiger partial charge in [0, 0.05) is 23.1 Å². The number of pyridine rings is 1. The molecule has 0 aliphatic heterocycles. The molecule has 2 aromatic rings. The summed E-state index contributed by atoms with van der Waals surface area (Å²) in [5.41, 5.74) is 9.21. The number of aliphatic hydroxyl groups is 1. The fraction of sp³-hybridized carbons (Fsp3) is 0.200. The summed E-state index contributed by atoms with van der Waals surface area (Å²) in [4.78, 5) is 4.61. The fourth-order valence-corrected chi connectivity index (χ4v) is 2.34. The van der Waals surface area contributed by atoms with E-state index in [0.29, 0.717) is 12.1 Å². The summed E-state index contributed by atoms with van der Waals surface area (Å²) >= 11 is 1.40. The number of hydrogen-bond donors (Lipinski definition) is 4. The summed E-state index contributed by atoms with van der Waals surface area (Å²) in [6.07, 6.45) is 0.939. The van der Waals surface area contributed by atoms with E-state index in [0.717, 1.165) is 17.2 Å². The molecule has 1 aromatic carbocycles. The number of aliphatic hydroxyl groups excluding tert-OH is 1. The number of rotatable bonds is 8. The Bertz CT molecular complexity index is 697. The van der Waals surface area contributed by atoms with Crippen molar-refractivity contribution in [2.75, 3.05) is 13.2 Å². The van der Waals surface area contributed by atoms with E-state index < -0.39 is 11.6 Å². The van der Waals surface area contributed by atoms with Crippen LogP contribution in [0.15, 0.2) is 46.5 Å². The van der Waals surface area contributed by atoms with Gasteiger partial charge in [0.15, 0.2) is 5.84 Å².